The van der Waals surface area contributed by atoms with E-state index in [4.69, 9.17) is 0 Å². The monoisotopic (exact) mass is 334 g/mol. The van der Waals surface area contributed by atoms with E-state index in [1.165, 1.54) is 0 Å². The summed E-state index contributed by atoms with van der Waals surface area (Å²) in [6.07, 6.45) is 0. The van der Waals surface area contributed by atoms with E-state index in [0.717, 1.165) is 14.2 Å². The Morgan fingerprint density at radius 3 is 1.30 bits per heavy atom. The molecule has 0 radical (unpaired) electrons. The van der Waals surface area contributed by atoms with Gasteiger partial charge in [0, 0.05) is 12.1 Å². The second kappa shape index (κ2) is 6.43. The van der Waals surface area contributed by atoms with Crippen LogP contribution in [0.1, 0.15) is 0 Å². The van der Waals surface area contributed by atoms with E-state index in [2.05, 4.69) is 9.47 Å². The quantitative estimate of drug-likeness (QED) is 0.628. The first-order valence-corrected chi connectivity index (χ1v) is 6.22. The van der Waals surface area contributed by atoms with Crippen LogP contribution in [0, 0.1) is 34.9 Å². The van der Waals surface area contributed by atoms with Gasteiger partial charge in [0.1, 0.15) is 11.6 Å². The van der Waals surface area contributed by atoms with Gasteiger partial charge in [-0.05, 0) is 10.9 Å². The fourth-order valence-corrected chi connectivity index (χ4v) is 2.10. The van der Waals surface area contributed by atoms with Gasteiger partial charge in [-0.3, -0.25) is 0 Å². The Hall–Kier alpha value is -2.32. The van der Waals surface area contributed by atoms with Crippen LogP contribution in [0.4, 0.5) is 26.3 Å². The van der Waals surface area contributed by atoms with E-state index in [-0.39, 0.29) is 0 Å². The van der Waals surface area contributed by atoms with Gasteiger partial charge in [0.25, 0.3) is 0 Å². The minimum absolute atomic E-state index is 0.327. The highest BCUT2D eigenvalue weighted by Crippen LogP contribution is 2.23. The zero-order valence-electron chi connectivity index (χ0n) is 11.9. The molecule has 0 unspecified atom stereocenters. The normalized spacial score (nSPS) is 10.6. The van der Waals surface area contributed by atoms with Gasteiger partial charge < -0.3 is 9.47 Å². The first-order chi connectivity index (χ1) is 10.8. The first kappa shape index (κ1) is 17.0. The molecule has 122 valence electrons. The molecule has 23 heavy (non-hydrogen) atoms. The van der Waals surface area contributed by atoms with E-state index in [0.29, 0.717) is 12.1 Å². The van der Waals surface area contributed by atoms with Gasteiger partial charge in [0.05, 0.1) is 14.2 Å². The molecular formula is C14H9BF6O2. The van der Waals surface area contributed by atoms with Crippen molar-refractivity contribution in [2.45, 2.75) is 0 Å². The third kappa shape index (κ3) is 2.95. The van der Waals surface area contributed by atoms with E-state index in [9.17, 15) is 26.3 Å². The molecule has 0 aliphatic carbocycles. The molecule has 0 atom stereocenters. The van der Waals surface area contributed by atoms with Crippen molar-refractivity contribution in [2.24, 2.45) is 0 Å². The van der Waals surface area contributed by atoms with Gasteiger partial charge in [-0.2, -0.15) is 0 Å². The van der Waals surface area contributed by atoms with E-state index in [1.54, 1.807) is 0 Å². The number of halogens is 6. The maximum absolute atomic E-state index is 14.1. The molecule has 0 bridgehead atoms. The van der Waals surface area contributed by atoms with Gasteiger partial charge >= 0.3 is 0 Å². The van der Waals surface area contributed by atoms with Crippen LogP contribution in [0.2, 0.25) is 0 Å². The van der Waals surface area contributed by atoms with Crippen molar-refractivity contribution in [3.8, 4) is 11.5 Å². The van der Waals surface area contributed by atoms with Crippen LogP contribution in [0.3, 0.4) is 0 Å². The van der Waals surface area contributed by atoms with Gasteiger partial charge in [-0.1, -0.05) is 0 Å². The minimum atomic E-state index is -1.44. The average Bonchev–Trinajstić information content (AvgIpc) is 2.46. The van der Waals surface area contributed by atoms with Gasteiger partial charge in [-0.15, -0.1) is 0 Å². The summed E-state index contributed by atoms with van der Waals surface area (Å²) in [5.74, 6) is -9.98. The number of rotatable bonds is 4. The second-order valence-corrected chi connectivity index (χ2v) is 4.51. The molecule has 2 nitrogen and oxygen atoms in total. The van der Waals surface area contributed by atoms with Crippen LogP contribution in [-0.2, 0) is 0 Å². The summed E-state index contributed by atoms with van der Waals surface area (Å²) in [5, 5.41) is 0. The highest BCUT2D eigenvalue weighted by Gasteiger charge is 2.26. The fraction of sp³-hybridized carbons (Fsp3) is 0.143. The molecule has 2 rings (SSSR count). The summed E-state index contributed by atoms with van der Waals surface area (Å²) in [6, 6.07) is 0.654. The highest BCUT2D eigenvalue weighted by molar-refractivity contribution is 6.67. The molecule has 0 saturated carbocycles. The van der Waals surface area contributed by atoms with Crippen LogP contribution >= 0.6 is 0 Å². The highest BCUT2D eigenvalue weighted by atomic mass is 19.2. The predicted molar refractivity (Wildman–Crippen MR) is 72.2 cm³/mol. The van der Waals surface area contributed by atoms with Crippen LogP contribution in [-0.4, -0.2) is 21.5 Å². The molecule has 0 N–H and O–H groups in total. The third-order valence-electron chi connectivity index (χ3n) is 3.21. The largest absolute Gasteiger partial charge is 0.491 e. The summed E-state index contributed by atoms with van der Waals surface area (Å²) in [6.45, 7) is 0. The standard InChI is InChI=1S/C14H9BF6O2/c1-22-13-7(18)3-5(16)9(11(13)20)15-10-6(17)4-8(19)14(23-2)12(10)21/h3-4,15H,1-2H3. The molecule has 9 heteroatoms. The van der Waals surface area contributed by atoms with Gasteiger partial charge in [0.2, 0.25) is 7.28 Å². The molecule has 2 aromatic rings. The molecule has 0 fully saturated rings. The maximum Gasteiger partial charge on any atom is 0.208 e. The van der Waals surface area contributed by atoms with Crippen molar-refractivity contribution in [1.29, 1.82) is 0 Å². The SMILES string of the molecule is COc1c(F)cc(F)c(Bc2c(F)cc(F)c(OC)c2F)c1F. The topological polar surface area (TPSA) is 18.5 Å². The van der Waals surface area contributed by atoms with Crippen molar-refractivity contribution >= 4 is 18.2 Å². The lowest BCUT2D eigenvalue weighted by Gasteiger charge is -2.12. The summed E-state index contributed by atoms with van der Waals surface area (Å²) < 4.78 is 91.2. The number of ether oxygens (including phenoxy) is 2. The zero-order chi connectivity index (χ0) is 17.3. The molecule has 0 aliphatic heterocycles. The molecule has 0 aromatic heterocycles. The Bertz CT molecular complexity index is 702. The average molecular weight is 334 g/mol. The zero-order valence-corrected chi connectivity index (χ0v) is 11.9. The van der Waals surface area contributed by atoms with E-state index in [1.807, 2.05) is 0 Å². The molecule has 0 spiro atoms. The van der Waals surface area contributed by atoms with E-state index < -0.39 is 64.6 Å². The summed E-state index contributed by atoms with van der Waals surface area (Å²) in [5.41, 5.74) is -1.65. The summed E-state index contributed by atoms with van der Waals surface area (Å²) in [4.78, 5) is 0. The lowest BCUT2D eigenvalue weighted by atomic mass is 9.62. The Kier molecular flexibility index (Phi) is 4.77. The lowest BCUT2D eigenvalue weighted by Crippen LogP contribution is -2.37. The molecule has 0 saturated heterocycles. The van der Waals surface area contributed by atoms with E-state index >= 15 is 0 Å². The van der Waals surface area contributed by atoms with Crippen molar-refractivity contribution in [2.75, 3.05) is 14.2 Å². The second-order valence-electron chi connectivity index (χ2n) is 4.51. The van der Waals surface area contributed by atoms with Crippen molar-refractivity contribution in [1.82, 2.24) is 0 Å². The Balaban J connectivity index is 2.61. The first-order valence-electron chi connectivity index (χ1n) is 6.22. The van der Waals surface area contributed by atoms with Gasteiger partial charge in [0.15, 0.2) is 34.8 Å². The van der Waals surface area contributed by atoms with Gasteiger partial charge in [-0.25, -0.2) is 26.3 Å². The molecule has 0 heterocycles. The smallest absolute Gasteiger partial charge is 0.208 e. The minimum Gasteiger partial charge on any atom is -0.491 e. The van der Waals surface area contributed by atoms with Crippen LogP contribution in [0.25, 0.3) is 0 Å². The third-order valence-corrected chi connectivity index (χ3v) is 3.21. The lowest BCUT2D eigenvalue weighted by molar-refractivity contribution is 0.357. The Morgan fingerprint density at radius 1 is 0.652 bits per heavy atom. The Morgan fingerprint density at radius 2 is 1.00 bits per heavy atom. The van der Waals surface area contributed by atoms with Crippen molar-refractivity contribution in [3.63, 3.8) is 0 Å². The molecule has 0 aliphatic rings. The Labute approximate surface area is 127 Å². The molecule has 0 amide bonds. The number of methoxy groups -OCH3 is 2. The summed E-state index contributed by atoms with van der Waals surface area (Å²) in [7, 11) is 0.971. The number of benzene rings is 2. The number of hydrogen-bond acceptors (Lipinski definition) is 2. The summed E-state index contributed by atoms with van der Waals surface area (Å²) >= 11 is 0. The molecule has 2 aromatic carbocycles. The number of hydrogen-bond donors (Lipinski definition) is 0. The van der Waals surface area contributed by atoms with Crippen LogP contribution in [0.15, 0.2) is 12.1 Å². The van der Waals surface area contributed by atoms with Crippen LogP contribution < -0.4 is 20.4 Å². The van der Waals surface area contributed by atoms with Crippen molar-refractivity contribution < 1.29 is 35.8 Å². The fourth-order valence-electron chi connectivity index (χ4n) is 2.10. The van der Waals surface area contributed by atoms with Crippen LogP contribution in [0.5, 0.6) is 11.5 Å². The maximum atomic E-state index is 14.1. The predicted octanol–water partition coefficient (Wildman–Crippen LogP) is 1.93. The van der Waals surface area contributed by atoms with Crippen molar-refractivity contribution in [3.05, 3.63) is 47.0 Å². The molecular weight excluding hydrogens is 325 g/mol.